The van der Waals surface area contributed by atoms with Crippen molar-refractivity contribution in [2.45, 2.75) is 38.0 Å². The predicted octanol–water partition coefficient (Wildman–Crippen LogP) is 4.00. The van der Waals surface area contributed by atoms with Crippen molar-refractivity contribution in [3.63, 3.8) is 0 Å². The first-order chi connectivity index (χ1) is 13.4. The molecule has 1 amide bonds. The van der Waals surface area contributed by atoms with Crippen molar-refractivity contribution in [3.05, 3.63) is 53.1 Å². The Bertz CT molecular complexity index is 916. The molecule has 0 radical (unpaired) electrons. The molecule has 0 aliphatic carbocycles. The third kappa shape index (κ3) is 6.22. The van der Waals surface area contributed by atoms with Crippen molar-refractivity contribution < 1.29 is 17.9 Å². The molecule has 28 heavy (non-hydrogen) atoms. The number of hydrogen-bond donors (Lipinski definition) is 2. The predicted molar refractivity (Wildman–Crippen MR) is 111 cm³/mol. The molecule has 0 saturated carbocycles. The van der Waals surface area contributed by atoms with Gasteiger partial charge in [-0.25, -0.2) is 13.1 Å². The molecule has 0 aromatic heterocycles. The summed E-state index contributed by atoms with van der Waals surface area (Å²) in [5.41, 5.74) is 1.77. The van der Waals surface area contributed by atoms with Gasteiger partial charge in [-0.2, -0.15) is 0 Å². The molecule has 0 bridgehead atoms. The molecule has 0 saturated heterocycles. The molecule has 0 spiro atoms. The molecule has 2 rings (SSSR count). The number of nitrogens with one attached hydrogen (secondary N) is 2. The number of benzene rings is 2. The van der Waals surface area contributed by atoms with Gasteiger partial charge in [0.25, 0.3) is 5.91 Å². The Labute approximate surface area is 171 Å². The Morgan fingerprint density at radius 2 is 1.89 bits per heavy atom. The third-order valence-corrected chi connectivity index (χ3v) is 5.82. The van der Waals surface area contributed by atoms with Gasteiger partial charge in [-0.15, -0.1) is 0 Å². The zero-order valence-electron chi connectivity index (χ0n) is 16.0. The number of amides is 1. The van der Waals surface area contributed by atoms with Crippen LogP contribution in [0.2, 0.25) is 5.02 Å². The maximum atomic E-state index is 12.2. The van der Waals surface area contributed by atoms with Crippen LogP contribution >= 0.6 is 11.6 Å². The van der Waals surface area contributed by atoms with Gasteiger partial charge in [0.2, 0.25) is 10.0 Å². The van der Waals surface area contributed by atoms with Crippen LogP contribution in [0.15, 0.2) is 47.4 Å². The largest absolute Gasteiger partial charge is 0.482 e. The zero-order chi connectivity index (χ0) is 20.6. The van der Waals surface area contributed by atoms with E-state index in [4.69, 9.17) is 16.3 Å². The number of para-hydroxylation sites is 1. The molecule has 0 heterocycles. The van der Waals surface area contributed by atoms with Gasteiger partial charge in [-0.3, -0.25) is 4.79 Å². The molecular weight excluding hydrogens is 400 g/mol. The number of ether oxygens (including phenoxy) is 1. The second-order valence-corrected chi connectivity index (χ2v) is 8.37. The average molecular weight is 425 g/mol. The number of rotatable bonds is 10. The minimum absolute atomic E-state index is 0.0577. The molecule has 0 unspecified atom stereocenters. The standard InChI is InChI=1S/C20H25ClN2O4S/c1-3-5-12-22-28(25,26)16-10-11-19(17(21)13-16)27-14-20(24)23-18-9-7-6-8-15(18)4-2/h6-11,13,22H,3-5,12,14H2,1-2H3,(H,23,24). The molecular formula is C20H25ClN2O4S. The van der Waals surface area contributed by atoms with Crippen LogP contribution in [0.5, 0.6) is 5.75 Å². The summed E-state index contributed by atoms with van der Waals surface area (Å²) in [6.07, 6.45) is 2.44. The van der Waals surface area contributed by atoms with Gasteiger partial charge >= 0.3 is 0 Å². The number of aryl methyl sites for hydroxylation is 1. The van der Waals surface area contributed by atoms with Crippen LogP contribution < -0.4 is 14.8 Å². The highest BCUT2D eigenvalue weighted by Gasteiger charge is 2.16. The van der Waals surface area contributed by atoms with E-state index >= 15 is 0 Å². The Morgan fingerprint density at radius 3 is 2.57 bits per heavy atom. The average Bonchev–Trinajstić information content (AvgIpc) is 2.67. The van der Waals surface area contributed by atoms with Crippen molar-refractivity contribution in [2.24, 2.45) is 0 Å². The highest BCUT2D eigenvalue weighted by atomic mass is 35.5. The number of carbonyl (C=O) groups excluding carboxylic acids is 1. The van der Waals surface area contributed by atoms with Crippen molar-refractivity contribution in [2.75, 3.05) is 18.5 Å². The van der Waals surface area contributed by atoms with Gasteiger partial charge < -0.3 is 10.1 Å². The van der Waals surface area contributed by atoms with E-state index in [1.165, 1.54) is 18.2 Å². The van der Waals surface area contributed by atoms with E-state index in [9.17, 15) is 13.2 Å². The van der Waals surface area contributed by atoms with Gasteiger partial charge in [0.1, 0.15) is 5.75 Å². The van der Waals surface area contributed by atoms with Gasteiger partial charge in [-0.05, 0) is 42.7 Å². The highest BCUT2D eigenvalue weighted by molar-refractivity contribution is 7.89. The van der Waals surface area contributed by atoms with Crippen molar-refractivity contribution in [1.82, 2.24) is 4.72 Å². The van der Waals surface area contributed by atoms with E-state index < -0.39 is 10.0 Å². The Kier molecular flexibility index (Phi) is 8.29. The maximum Gasteiger partial charge on any atom is 0.262 e. The van der Waals surface area contributed by atoms with E-state index in [1.54, 1.807) is 0 Å². The topological polar surface area (TPSA) is 84.5 Å². The van der Waals surface area contributed by atoms with Crippen LogP contribution in [0.25, 0.3) is 0 Å². The lowest BCUT2D eigenvalue weighted by Gasteiger charge is -2.12. The van der Waals surface area contributed by atoms with E-state index in [0.717, 1.165) is 30.5 Å². The molecule has 0 fully saturated rings. The molecule has 2 aromatic carbocycles. The van der Waals surface area contributed by atoms with E-state index in [-0.39, 0.29) is 28.2 Å². The number of sulfonamides is 1. The smallest absolute Gasteiger partial charge is 0.262 e. The Morgan fingerprint density at radius 1 is 1.14 bits per heavy atom. The van der Waals surface area contributed by atoms with Crippen molar-refractivity contribution in [1.29, 1.82) is 0 Å². The lowest BCUT2D eigenvalue weighted by atomic mass is 10.1. The zero-order valence-corrected chi connectivity index (χ0v) is 17.6. The molecule has 0 aliphatic rings. The first-order valence-electron chi connectivity index (χ1n) is 9.17. The van der Waals surface area contributed by atoms with Gasteiger partial charge in [-0.1, -0.05) is 50.1 Å². The second-order valence-electron chi connectivity index (χ2n) is 6.19. The van der Waals surface area contributed by atoms with Gasteiger partial charge in [0, 0.05) is 12.2 Å². The fraction of sp³-hybridized carbons (Fsp3) is 0.350. The van der Waals surface area contributed by atoms with Crippen LogP contribution in [0.3, 0.4) is 0 Å². The molecule has 8 heteroatoms. The second kappa shape index (κ2) is 10.5. The lowest BCUT2D eigenvalue weighted by Crippen LogP contribution is -2.24. The lowest BCUT2D eigenvalue weighted by molar-refractivity contribution is -0.118. The summed E-state index contributed by atoms with van der Waals surface area (Å²) in [4.78, 5) is 12.2. The van der Waals surface area contributed by atoms with Crippen LogP contribution in [0.1, 0.15) is 32.3 Å². The quantitative estimate of drug-likeness (QED) is 0.564. The van der Waals surface area contributed by atoms with Crippen LogP contribution in [0, 0.1) is 0 Å². The summed E-state index contributed by atoms with van der Waals surface area (Å²) in [7, 11) is -3.62. The number of anilines is 1. The summed E-state index contributed by atoms with van der Waals surface area (Å²) in [5, 5.41) is 2.93. The molecule has 0 atom stereocenters. The summed E-state index contributed by atoms with van der Waals surface area (Å²) in [5.74, 6) is -0.0806. The van der Waals surface area contributed by atoms with Crippen LogP contribution in [-0.4, -0.2) is 27.5 Å². The minimum Gasteiger partial charge on any atom is -0.482 e. The Balaban J connectivity index is 1.98. The first-order valence-corrected chi connectivity index (χ1v) is 11.0. The molecule has 152 valence electrons. The van der Waals surface area contributed by atoms with Crippen molar-refractivity contribution in [3.8, 4) is 5.75 Å². The Hall–Kier alpha value is -2.09. The molecule has 0 aliphatic heterocycles. The maximum absolute atomic E-state index is 12.2. The summed E-state index contributed by atoms with van der Waals surface area (Å²) < 4.78 is 32.4. The van der Waals surface area contributed by atoms with Crippen LogP contribution in [-0.2, 0) is 21.2 Å². The molecule has 2 N–H and O–H groups in total. The van der Waals surface area contributed by atoms with E-state index in [0.29, 0.717) is 6.54 Å². The summed E-state index contributed by atoms with van der Waals surface area (Å²) in [6, 6.07) is 11.7. The van der Waals surface area contributed by atoms with E-state index in [2.05, 4.69) is 10.0 Å². The molecule has 2 aromatic rings. The number of halogens is 1. The number of carbonyl (C=O) groups is 1. The minimum atomic E-state index is -3.62. The third-order valence-electron chi connectivity index (χ3n) is 4.07. The normalized spacial score (nSPS) is 11.2. The fourth-order valence-corrected chi connectivity index (χ4v) is 3.91. The highest BCUT2D eigenvalue weighted by Crippen LogP contribution is 2.27. The monoisotopic (exact) mass is 424 g/mol. The first kappa shape index (κ1) is 22.2. The molecule has 6 nitrogen and oxygen atoms in total. The van der Waals surface area contributed by atoms with Gasteiger partial charge in [0.05, 0.1) is 9.92 Å². The van der Waals surface area contributed by atoms with Crippen molar-refractivity contribution >= 4 is 33.2 Å². The van der Waals surface area contributed by atoms with Gasteiger partial charge in [0.15, 0.2) is 6.61 Å². The summed E-state index contributed by atoms with van der Waals surface area (Å²) in [6.45, 7) is 4.12. The number of hydrogen-bond acceptors (Lipinski definition) is 4. The fourth-order valence-electron chi connectivity index (χ4n) is 2.51. The van der Waals surface area contributed by atoms with E-state index in [1.807, 2.05) is 38.1 Å². The SMILES string of the molecule is CCCCNS(=O)(=O)c1ccc(OCC(=O)Nc2ccccc2CC)c(Cl)c1. The summed E-state index contributed by atoms with van der Waals surface area (Å²) >= 11 is 6.14. The van der Waals surface area contributed by atoms with Crippen LogP contribution in [0.4, 0.5) is 5.69 Å². The number of unbranched alkanes of at least 4 members (excludes halogenated alkanes) is 1.